The fourth-order valence-electron chi connectivity index (χ4n) is 2.15. The second-order valence-corrected chi connectivity index (χ2v) is 5.65. The third kappa shape index (κ3) is 2.05. The van der Waals surface area contributed by atoms with Crippen molar-refractivity contribution in [1.82, 2.24) is 14.8 Å². The first-order chi connectivity index (χ1) is 8.36. The van der Waals surface area contributed by atoms with Crippen LogP contribution >= 0.6 is 24.0 Å². The lowest BCUT2D eigenvalue weighted by Crippen LogP contribution is -2.07. The van der Waals surface area contributed by atoms with Gasteiger partial charge in [0, 0.05) is 17.4 Å². The highest BCUT2D eigenvalue weighted by molar-refractivity contribution is 7.99. The van der Waals surface area contributed by atoms with Crippen molar-refractivity contribution < 1.29 is 0 Å². The summed E-state index contributed by atoms with van der Waals surface area (Å²) in [5.41, 5.74) is 1.10. The van der Waals surface area contributed by atoms with Crippen molar-refractivity contribution in [2.45, 2.75) is 12.3 Å². The standard InChI is InChI=1S/C12H13N3S2/c16-12-14-13-11(9-6-7-17-8-9)15(12)10-4-2-1-3-5-10/h1-5,9H,6-8H2,(H,14,16). The minimum absolute atomic E-state index is 0.521. The molecule has 1 saturated heterocycles. The molecule has 1 unspecified atom stereocenters. The maximum atomic E-state index is 5.33. The van der Waals surface area contributed by atoms with Crippen LogP contribution in [0.1, 0.15) is 18.2 Å². The number of nitrogens with zero attached hydrogens (tertiary/aromatic N) is 2. The molecule has 1 aliphatic rings. The summed E-state index contributed by atoms with van der Waals surface area (Å²) < 4.78 is 2.74. The molecule has 3 rings (SSSR count). The van der Waals surface area contributed by atoms with Crippen LogP contribution in [-0.2, 0) is 0 Å². The molecular weight excluding hydrogens is 250 g/mol. The number of H-pyrrole nitrogens is 1. The number of rotatable bonds is 2. The molecule has 2 aromatic rings. The van der Waals surface area contributed by atoms with Crippen LogP contribution in [0.15, 0.2) is 30.3 Å². The highest BCUT2D eigenvalue weighted by Crippen LogP contribution is 2.32. The Bertz CT molecular complexity index is 553. The Morgan fingerprint density at radius 1 is 1.35 bits per heavy atom. The molecule has 88 valence electrons. The Labute approximate surface area is 109 Å². The molecule has 0 amide bonds. The molecule has 1 N–H and O–H groups in total. The summed E-state index contributed by atoms with van der Waals surface area (Å²) in [4.78, 5) is 0. The third-order valence-electron chi connectivity index (χ3n) is 3.01. The lowest BCUT2D eigenvalue weighted by molar-refractivity contribution is 0.695. The van der Waals surface area contributed by atoms with Crippen molar-refractivity contribution in [3.05, 3.63) is 40.9 Å². The number of hydrogen-bond acceptors (Lipinski definition) is 3. The van der Waals surface area contributed by atoms with Gasteiger partial charge in [0.05, 0.1) is 0 Å². The maximum absolute atomic E-state index is 5.33. The van der Waals surface area contributed by atoms with E-state index < -0.39 is 0 Å². The second-order valence-electron chi connectivity index (χ2n) is 4.12. The molecule has 1 atom stereocenters. The monoisotopic (exact) mass is 263 g/mol. The van der Waals surface area contributed by atoms with E-state index in [1.807, 2.05) is 30.0 Å². The van der Waals surface area contributed by atoms with E-state index in [1.54, 1.807) is 0 Å². The number of para-hydroxylation sites is 1. The van der Waals surface area contributed by atoms with Crippen LogP contribution in [0.4, 0.5) is 0 Å². The average molecular weight is 263 g/mol. The third-order valence-corrected chi connectivity index (χ3v) is 4.44. The normalized spacial score (nSPS) is 19.6. The highest BCUT2D eigenvalue weighted by atomic mass is 32.2. The molecule has 0 radical (unpaired) electrons. The van der Waals surface area contributed by atoms with Gasteiger partial charge in [-0.25, -0.2) is 0 Å². The predicted molar refractivity (Wildman–Crippen MR) is 73.4 cm³/mol. The SMILES string of the molecule is S=c1[nH]nc(C2CCSC2)n1-c1ccccc1. The van der Waals surface area contributed by atoms with Crippen molar-refractivity contribution in [3.8, 4) is 5.69 Å². The minimum Gasteiger partial charge on any atom is -0.272 e. The van der Waals surface area contributed by atoms with E-state index in [4.69, 9.17) is 12.2 Å². The number of aromatic amines is 1. The largest absolute Gasteiger partial charge is 0.272 e. The highest BCUT2D eigenvalue weighted by Gasteiger charge is 2.23. The van der Waals surface area contributed by atoms with Crippen molar-refractivity contribution in [2.75, 3.05) is 11.5 Å². The molecule has 1 aliphatic heterocycles. The fourth-order valence-corrected chi connectivity index (χ4v) is 3.61. The topological polar surface area (TPSA) is 33.6 Å². The van der Waals surface area contributed by atoms with Gasteiger partial charge in [-0.05, 0) is 36.5 Å². The van der Waals surface area contributed by atoms with E-state index in [9.17, 15) is 0 Å². The zero-order valence-corrected chi connectivity index (χ0v) is 10.9. The minimum atomic E-state index is 0.521. The molecule has 1 aromatic carbocycles. The van der Waals surface area contributed by atoms with E-state index in [1.165, 1.54) is 12.2 Å². The van der Waals surface area contributed by atoms with Gasteiger partial charge in [0.2, 0.25) is 0 Å². The van der Waals surface area contributed by atoms with Gasteiger partial charge in [-0.2, -0.15) is 16.9 Å². The van der Waals surface area contributed by atoms with E-state index >= 15 is 0 Å². The summed E-state index contributed by atoms with van der Waals surface area (Å²) in [7, 11) is 0. The summed E-state index contributed by atoms with van der Waals surface area (Å²) in [5.74, 6) is 3.96. The van der Waals surface area contributed by atoms with Gasteiger partial charge >= 0.3 is 0 Å². The van der Waals surface area contributed by atoms with Crippen LogP contribution in [0, 0.1) is 4.77 Å². The summed E-state index contributed by atoms with van der Waals surface area (Å²) in [6.45, 7) is 0. The molecule has 5 heteroatoms. The Balaban J connectivity index is 2.09. The van der Waals surface area contributed by atoms with Crippen LogP contribution < -0.4 is 0 Å². The Morgan fingerprint density at radius 3 is 2.88 bits per heavy atom. The molecular formula is C12H13N3S2. The molecule has 1 fully saturated rings. The molecule has 0 saturated carbocycles. The summed E-state index contributed by atoms with van der Waals surface area (Å²) >= 11 is 7.32. The van der Waals surface area contributed by atoms with Crippen LogP contribution in [0.5, 0.6) is 0 Å². The first-order valence-corrected chi connectivity index (χ1v) is 7.23. The van der Waals surface area contributed by atoms with Gasteiger partial charge in [-0.15, -0.1) is 0 Å². The van der Waals surface area contributed by atoms with E-state index in [0.29, 0.717) is 10.7 Å². The van der Waals surface area contributed by atoms with Crippen LogP contribution in [0.25, 0.3) is 5.69 Å². The number of thioether (sulfide) groups is 1. The van der Waals surface area contributed by atoms with E-state index in [-0.39, 0.29) is 0 Å². The Kier molecular flexibility index (Phi) is 3.03. The molecule has 17 heavy (non-hydrogen) atoms. The lowest BCUT2D eigenvalue weighted by atomic mass is 10.1. The molecule has 0 aliphatic carbocycles. The van der Waals surface area contributed by atoms with Crippen molar-refractivity contribution in [1.29, 1.82) is 0 Å². The lowest BCUT2D eigenvalue weighted by Gasteiger charge is -2.10. The Morgan fingerprint density at radius 2 is 2.18 bits per heavy atom. The van der Waals surface area contributed by atoms with Gasteiger partial charge in [0.25, 0.3) is 0 Å². The smallest absolute Gasteiger partial charge is 0.199 e. The predicted octanol–water partition coefficient (Wildman–Crippen LogP) is 3.15. The number of benzene rings is 1. The zero-order valence-electron chi connectivity index (χ0n) is 9.30. The molecule has 0 bridgehead atoms. The fraction of sp³-hybridized carbons (Fsp3) is 0.333. The van der Waals surface area contributed by atoms with E-state index in [2.05, 4.69) is 26.9 Å². The number of nitrogens with one attached hydrogen (secondary N) is 1. The van der Waals surface area contributed by atoms with Crippen molar-refractivity contribution in [2.24, 2.45) is 0 Å². The maximum Gasteiger partial charge on any atom is 0.199 e. The Hall–Kier alpha value is -1.07. The van der Waals surface area contributed by atoms with Gasteiger partial charge in [-0.3, -0.25) is 9.67 Å². The van der Waals surface area contributed by atoms with Gasteiger partial charge < -0.3 is 0 Å². The first-order valence-electron chi connectivity index (χ1n) is 5.67. The average Bonchev–Trinajstić information content (AvgIpc) is 2.98. The number of aromatic nitrogens is 3. The van der Waals surface area contributed by atoms with Gasteiger partial charge in [0.1, 0.15) is 5.82 Å². The zero-order chi connectivity index (χ0) is 11.7. The first kappa shape index (κ1) is 11.0. The second kappa shape index (κ2) is 4.66. The van der Waals surface area contributed by atoms with Crippen LogP contribution in [0.3, 0.4) is 0 Å². The summed E-state index contributed by atoms with van der Waals surface area (Å²) in [5, 5.41) is 7.33. The molecule has 0 spiro atoms. The number of hydrogen-bond donors (Lipinski definition) is 1. The van der Waals surface area contributed by atoms with Crippen LogP contribution in [-0.4, -0.2) is 26.3 Å². The summed E-state index contributed by atoms with van der Waals surface area (Å²) in [6, 6.07) is 10.2. The molecule has 2 heterocycles. The van der Waals surface area contributed by atoms with Gasteiger partial charge in [0.15, 0.2) is 4.77 Å². The molecule has 3 nitrogen and oxygen atoms in total. The van der Waals surface area contributed by atoms with Crippen molar-refractivity contribution >= 4 is 24.0 Å². The van der Waals surface area contributed by atoms with Crippen LogP contribution in [0.2, 0.25) is 0 Å². The van der Waals surface area contributed by atoms with Gasteiger partial charge in [-0.1, -0.05) is 18.2 Å². The summed E-state index contributed by atoms with van der Waals surface area (Å²) in [6.07, 6.45) is 1.19. The van der Waals surface area contributed by atoms with E-state index in [0.717, 1.165) is 17.3 Å². The molecule has 1 aromatic heterocycles. The quantitative estimate of drug-likeness (QED) is 0.845. The van der Waals surface area contributed by atoms with Crippen molar-refractivity contribution in [3.63, 3.8) is 0 Å².